The second-order valence-electron chi connectivity index (χ2n) is 8.07. The molecule has 1 unspecified atom stereocenters. The molecule has 2 aliphatic rings. The number of hydrogen-bond donors (Lipinski definition) is 7. The summed E-state index contributed by atoms with van der Waals surface area (Å²) < 4.78 is 11.9. The first kappa shape index (κ1) is 24.0. The number of ether oxygens (including phenoxy) is 2. The van der Waals surface area contributed by atoms with E-state index in [9.17, 15) is 15.0 Å². The van der Waals surface area contributed by atoms with E-state index in [0.29, 0.717) is 25.9 Å². The minimum Gasteiger partial charge on any atom is -0.468 e. The lowest BCUT2D eigenvalue weighted by Gasteiger charge is -2.40. The summed E-state index contributed by atoms with van der Waals surface area (Å²) in [5.74, 6) is 0.239. The third kappa shape index (κ3) is 7.18. The van der Waals surface area contributed by atoms with Crippen LogP contribution in [-0.4, -0.2) is 78.5 Å². The van der Waals surface area contributed by atoms with Crippen LogP contribution in [-0.2, 0) is 14.3 Å². The molecule has 1 heterocycles. The summed E-state index contributed by atoms with van der Waals surface area (Å²) in [7, 11) is 0. The third-order valence-electron chi connectivity index (χ3n) is 5.33. The lowest BCUT2D eigenvalue weighted by atomic mass is 9.86. The molecule has 0 radical (unpaired) electrons. The largest absolute Gasteiger partial charge is 0.468 e. The van der Waals surface area contributed by atoms with Crippen LogP contribution in [0.3, 0.4) is 0 Å². The van der Waals surface area contributed by atoms with Crippen molar-refractivity contribution in [3.8, 4) is 0 Å². The molecule has 0 aromatic heterocycles. The van der Waals surface area contributed by atoms with Gasteiger partial charge in [0.1, 0.15) is 11.9 Å². The van der Waals surface area contributed by atoms with Crippen molar-refractivity contribution in [2.24, 2.45) is 17.2 Å². The number of nitrogens with one attached hydrogen (secondary N) is 2. The van der Waals surface area contributed by atoms with Crippen LogP contribution in [0.4, 0.5) is 0 Å². The Hall–Kier alpha value is -1.27. The van der Waals surface area contributed by atoms with E-state index < -0.39 is 36.0 Å². The average molecular weight is 416 g/mol. The van der Waals surface area contributed by atoms with E-state index in [2.05, 4.69) is 10.6 Å². The summed E-state index contributed by atoms with van der Waals surface area (Å²) in [6, 6.07) is -0.840. The number of hydrogen-bond acceptors (Lipinski definition) is 9. The van der Waals surface area contributed by atoms with Crippen molar-refractivity contribution in [1.29, 1.82) is 0 Å². The Morgan fingerprint density at radius 2 is 2.17 bits per heavy atom. The molecule has 0 aromatic carbocycles. The molecule has 1 saturated carbocycles. The average Bonchev–Trinajstić information content (AvgIpc) is 2.68. The summed E-state index contributed by atoms with van der Waals surface area (Å²) >= 11 is 0. The maximum absolute atomic E-state index is 12.1. The Morgan fingerprint density at radius 3 is 2.83 bits per heavy atom. The first-order valence-corrected chi connectivity index (χ1v) is 10.4. The van der Waals surface area contributed by atoms with E-state index in [1.807, 2.05) is 6.08 Å². The number of carbonyl (C=O) groups excluding carboxylic acids is 1. The van der Waals surface area contributed by atoms with Gasteiger partial charge in [0, 0.05) is 25.0 Å². The van der Waals surface area contributed by atoms with Gasteiger partial charge in [-0.25, -0.2) is 0 Å². The highest BCUT2D eigenvalue weighted by molar-refractivity contribution is 5.85. The fourth-order valence-electron chi connectivity index (χ4n) is 3.49. The van der Waals surface area contributed by atoms with Crippen molar-refractivity contribution < 1.29 is 24.5 Å². The van der Waals surface area contributed by atoms with Gasteiger partial charge in [-0.3, -0.25) is 4.79 Å². The molecule has 0 aromatic rings. The fraction of sp³-hybridized carbons (Fsp3) is 0.842. The SMILES string of the molecule is CC(O)(CN)C(=O)N[C@H]1C[C@@H](O)[C@H](O[C@@H]2CCC=C(CNCCCN)O2)[C@@H](N)C1. The summed E-state index contributed by atoms with van der Waals surface area (Å²) in [5, 5.41) is 26.5. The lowest BCUT2D eigenvalue weighted by Crippen LogP contribution is -2.59. The lowest BCUT2D eigenvalue weighted by molar-refractivity contribution is -0.196. The molecule has 6 atom stereocenters. The molecule has 10 heteroatoms. The monoisotopic (exact) mass is 415 g/mol. The third-order valence-corrected chi connectivity index (χ3v) is 5.33. The van der Waals surface area contributed by atoms with E-state index in [1.165, 1.54) is 6.92 Å². The quantitative estimate of drug-likeness (QED) is 0.199. The molecule has 2 rings (SSSR count). The standard InChI is InChI=1S/C19H37N5O5/c1-19(27,11-21)18(26)24-12-8-14(22)17(15(25)9-12)29-16-5-2-4-13(28-16)10-23-7-3-6-20/h4,12,14-17,23,25,27H,2-3,5-11,20-22H2,1H3,(H,24,26)/t12-,14+,15-,16-,17-,19?/m1/s1. The summed E-state index contributed by atoms with van der Waals surface area (Å²) in [5.41, 5.74) is 15.5. The second-order valence-corrected chi connectivity index (χ2v) is 8.07. The Kier molecular flexibility index (Phi) is 9.28. The second kappa shape index (κ2) is 11.2. The molecular weight excluding hydrogens is 378 g/mol. The molecule has 0 spiro atoms. The molecule has 1 amide bonds. The number of rotatable bonds is 10. The van der Waals surface area contributed by atoms with Crippen LogP contribution < -0.4 is 27.8 Å². The molecule has 168 valence electrons. The molecule has 0 bridgehead atoms. The van der Waals surface area contributed by atoms with E-state index >= 15 is 0 Å². The number of allylic oxidation sites excluding steroid dienone is 1. The summed E-state index contributed by atoms with van der Waals surface area (Å²) in [6.07, 6.45) is 3.22. The van der Waals surface area contributed by atoms with Gasteiger partial charge in [0.25, 0.3) is 5.91 Å². The summed E-state index contributed by atoms with van der Waals surface area (Å²) in [4.78, 5) is 12.1. The number of nitrogens with two attached hydrogens (primary N) is 3. The molecule has 29 heavy (non-hydrogen) atoms. The van der Waals surface area contributed by atoms with Gasteiger partial charge in [0.2, 0.25) is 0 Å². The number of aliphatic hydroxyl groups excluding tert-OH is 1. The van der Waals surface area contributed by atoms with Gasteiger partial charge in [0.05, 0.1) is 12.6 Å². The Morgan fingerprint density at radius 1 is 1.41 bits per heavy atom. The van der Waals surface area contributed by atoms with Crippen molar-refractivity contribution in [3.05, 3.63) is 11.8 Å². The highest BCUT2D eigenvalue weighted by atomic mass is 16.7. The fourth-order valence-corrected chi connectivity index (χ4v) is 3.49. The van der Waals surface area contributed by atoms with Gasteiger partial charge in [0.15, 0.2) is 11.9 Å². The maximum atomic E-state index is 12.1. The van der Waals surface area contributed by atoms with Crippen LogP contribution >= 0.6 is 0 Å². The Balaban J connectivity index is 1.82. The van der Waals surface area contributed by atoms with Crippen molar-refractivity contribution >= 4 is 5.91 Å². The van der Waals surface area contributed by atoms with Gasteiger partial charge in [-0.05, 0) is 51.8 Å². The van der Waals surface area contributed by atoms with Crippen molar-refractivity contribution in [1.82, 2.24) is 10.6 Å². The Labute approximate surface area is 172 Å². The first-order valence-electron chi connectivity index (χ1n) is 10.4. The molecule has 10 N–H and O–H groups in total. The molecule has 0 saturated heterocycles. The zero-order valence-electron chi connectivity index (χ0n) is 17.2. The topological polar surface area (TPSA) is 178 Å². The van der Waals surface area contributed by atoms with E-state index in [0.717, 1.165) is 25.1 Å². The van der Waals surface area contributed by atoms with Crippen LogP contribution in [0, 0.1) is 0 Å². The Bertz CT molecular complexity index is 547. The normalized spacial score (nSPS) is 32.1. The minimum atomic E-state index is -1.65. The summed E-state index contributed by atoms with van der Waals surface area (Å²) in [6.45, 7) is 3.22. The first-order chi connectivity index (χ1) is 13.8. The van der Waals surface area contributed by atoms with Gasteiger partial charge in [-0.15, -0.1) is 0 Å². The predicted octanol–water partition coefficient (Wildman–Crippen LogP) is -1.99. The minimum absolute atomic E-state index is 0.193. The van der Waals surface area contributed by atoms with E-state index in [1.54, 1.807) is 0 Å². The number of amides is 1. The van der Waals surface area contributed by atoms with Crippen molar-refractivity contribution in [2.45, 2.75) is 75.2 Å². The molecule has 10 nitrogen and oxygen atoms in total. The van der Waals surface area contributed by atoms with Crippen molar-refractivity contribution in [3.63, 3.8) is 0 Å². The van der Waals surface area contributed by atoms with Crippen LogP contribution in [0.15, 0.2) is 11.8 Å². The molecule has 1 aliphatic heterocycles. The molecular formula is C19H37N5O5. The number of carbonyl (C=O) groups is 1. The van der Waals surface area contributed by atoms with E-state index in [-0.39, 0.29) is 19.0 Å². The van der Waals surface area contributed by atoms with E-state index in [4.69, 9.17) is 26.7 Å². The number of aliphatic hydroxyl groups is 2. The van der Waals surface area contributed by atoms with Gasteiger partial charge >= 0.3 is 0 Å². The molecule has 1 fully saturated rings. The highest BCUT2D eigenvalue weighted by Gasteiger charge is 2.40. The zero-order valence-corrected chi connectivity index (χ0v) is 17.2. The van der Waals surface area contributed by atoms with Gasteiger partial charge in [-0.2, -0.15) is 0 Å². The van der Waals surface area contributed by atoms with Crippen LogP contribution in [0.2, 0.25) is 0 Å². The smallest absolute Gasteiger partial charge is 0.253 e. The predicted molar refractivity (Wildman–Crippen MR) is 108 cm³/mol. The molecule has 1 aliphatic carbocycles. The van der Waals surface area contributed by atoms with Crippen LogP contribution in [0.25, 0.3) is 0 Å². The zero-order chi connectivity index (χ0) is 21.4. The van der Waals surface area contributed by atoms with Crippen LogP contribution in [0.5, 0.6) is 0 Å². The van der Waals surface area contributed by atoms with Gasteiger partial charge in [-0.1, -0.05) is 0 Å². The maximum Gasteiger partial charge on any atom is 0.253 e. The van der Waals surface area contributed by atoms with Crippen molar-refractivity contribution in [2.75, 3.05) is 26.2 Å². The van der Waals surface area contributed by atoms with Crippen LogP contribution in [0.1, 0.15) is 39.0 Å². The highest BCUT2D eigenvalue weighted by Crippen LogP contribution is 2.26. The van der Waals surface area contributed by atoms with Gasteiger partial charge < -0.3 is 47.5 Å².